The van der Waals surface area contributed by atoms with E-state index in [9.17, 15) is 4.79 Å². The second-order valence-corrected chi connectivity index (χ2v) is 6.30. The Hall–Kier alpha value is -1.43. The van der Waals surface area contributed by atoms with Crippen molar-refractivity contribution in [1.82, 2.24) is 19.7 Å². The minimum absolute atomic E-state index is 0.223. The molecule has 6 heteroatoms. The molecule has 0 atom stereocenters. The number of nitrogens with zero attached hydrogens (tertiary/aromatic N) is 4. The van der Waals surface area contributed by atoms with E-state index in [-0.39, 0.29) is 5.91 Å². The Morgan fingerprint density at radius 2 is 2.04 bits per heavy atom. The fourth-order valence-electron chi connectivity index (χ4n) is 3.23. The number of hydrogen-bond donors (Lipinski definition) is 0. The van der Waals surface area contributed by atoms with Gasteiger partial charge in [-0.2, -0.15) is 5.10 Å². The van der Waals surface area contributed by atoms with Crippen LogP contribution in [0, 0.1) is 0 Å². The first-order chi connectivity index (χ1) is 11.2. The smallest absolute Gasteiger partial charge is 0.223 e. The van der Waals surface area contributed by atoms with Crippen LogP contribution >= 0.6 is 0 Å². The van der Waals surface area contributed by atoms with E-state index in [1.165, 1.54) is 19.3 Å². The van der Waals surface area contributed by atoms with E-state index < -0.39 is 0 Å². The summed E-state index contributed by atoms with van der Waals surface area (Å²) >= 11 is 0. The summed E-state index contributed by atoms with van der Waals surface area (Å²) in [5, 5.41) is 4.48. The number of amides is 1. The molecule has 0 radical (unpaired) electrons. The van der Waals surface area contributed by atoms with Crippen molar-refractivity contribution in [3.63, 3.8) is 0 Å². The van der Waals surface area contributed by atoms with Crippen LogP contribution in [0.25, 0.3) is 0 Å². The number of methoxy groups -OCH3 is 1. The number of aryl methyl sites for hydroxylation is 2. The van der Waals surface area contributed by atoms with Gasteiger partial charge in [-0.25, -0.2) is 4.98 Å². The largest absolute Gasteiger partial charge is 0.384 e. The lowest BCUT2D eigenvalue weighted by Crippen LogP contribution is -2.38. The highest BCUT2D eigenvalue weighted by Crippen LogP contribution is 2.22. The third kappa shape index (κ3) is 5.03. The summed E-state index contributed by atoms with van der Waals surface area (Å²) in [4.78, 5) is 19.0. The summed E-state index contributed by atoms with van der Waals surface area (Å²) in [5.41, 5.74) is 0. The van der Waals surface area contributed by atoms with Crippen molar-refractivity contribution in [2.75, 3.05) is 20.8 Å². The van der Waals surface area contributed by atoms with E-state index in [4.69, 9.17) is 4.74 Å². The van der Waals surface area contributed by atoms with Crippen LogP contribution in [0.5, 0.6) is 0 Å². The van der Waals surface area contributed by atoms with Gasteiger partial charge in [-0.05, 0) is 19.8 Å². The Kier molecular flexibility index (Phi) is 7.02. The molecule has 1 aromatic rings. The molecule has 0 N–H and O–H groups in total. The second kappa shape index (κ2) is 9.01. The van der Waals surface area contributed by atoms with Crippen molar-refractivity contribution in [2.24, 2.45) is 0 Å². The average molecular weight is 322 g/mol. The van der Waals surface area contributed by atoms with Crippen LogP contribution in [0.1, 0.15) is 57.1 Å². The average Bonchev–Trinajstić information content (AvgIpc) is 3.00. The predicted octanol–water partition coefficient (Wildman–Crippen LogP) is 2.21. The lowest BCUT2D eigenvalue weighted by Gasteiger charge is -2.31. The van der Waals surface area contributed by atoms with Crippen LogP contribution in [0.4, 0.5) is 0 Å². The molecular weight excluding hydrogens is 292 g/mol. The van der Waals surface area contributed by atoms with E-state index in [0.29, 0.717) is 31.9 Å². The molecule has 23 heavy (non-hydrogen) atoms. The zero-order valence-electron chi connectivity index (χ0n) is 14.8. The van der Waals surface area contributed by atoms with Crippen LogP contribution in [0.3, 0.4) is 0 Å². The molecule has 6 nitrogen and oxygen atoms in total. The normalized spacial score (nSPS) is 15.8. The number of hydrogen-bond acceptors (Lipinski definition) is 4. The molecule has 0 aliphatic heterocycles. The van der Waals surface area contributed by atoms with E-state index in [1.807, 2.05) is 23.6 Å². The molecule has 0 unspecified atom stereocenters. The van der Waals surface area contributed by atoms with Gasteiger partial charge < -0.3 is 9.64 Å². The lowest BCUT2D eigenvalue weighted by molar-refractivity contribution is -0.132. The molecule has 0 bridgehead atoms. The third-order valence-corrected chi connectivity index (χ3v) is 4.70. The number of carbonyl (C=O) groups excluding carboxylic acids is 1. The van der Waals surface area contributed by atoms with Gasteiger partial charge in [0, 0.05) is 46.0 Å². The Morgan fingerprint density at radius 3 is 2.70 bits per heavy atom. The first kappa shape index (κ1) is 17.9. The number of ether oxygens (including phenoxy) is 1. The molecule has 1 amide bonds. The summed E-state index contributed by atoms with van der Waals surface area (Å²) in [6.45, 7) is 3.45. The van der Waals surface area contributed by atoms with Gasteiger partial charge in [-0.3, -0.25) is 9.48 Å². The minimum atomic E-state index is 0.223. The van der Waals surface area contributed by atoms with Gasteiger partial charge in [0.2, 0.25) is 5.91 Å². The first-order valence-electron chi connectivity index (χ1n) is 8.82. The molecule has 0 spiro atoms. The maximum absolute atomic E-state index is 12.4. The molecule has 1 fully saturated rings. The topological polar surface area (TPSA) is 60.2 Å². The van der Waals surface area contributed by atoms with Crippen molar-refractivity contribution in [1.29, 1.82) is 0 Å². The zero-order valence-corrected chi connectivity index (χ0v) is 14.8. The molecule has 1 heterocycles. The lowest BCUT2D eigenvalue weighted by atomic mass is 9.94. The maximum atomic E-state index is 12.4. The fourth-order valence-corrected chi connectivity index (χ4v) is 3.23. The standard InChI is InChI=1S/C17H30N4O2/c1-4-21-16(18-15(19-21)12-13-23-3)10-11-17(22)20(2)14-8-6-5-7-9-14/h14H,4-13H2,1-3H3. The van der Waals surface area contributed by atoms with Crippen molar-refractivity contribution >= 4 is 5.91 Å². The SMILES string of the molecule is CCn1nc(CCOC)nc1CCC(=O)N(C)C1CCCCC1. The first-order valence-corrected chi connectivity index (χ1v) is 8.82. The molecule has 1 saturated carbocycles. The third-order valence-electron chi connectivity index (χ3n) is 4.70. The summed E-state index contributed by atoms with van der Waals surface area (Å²) in [5.74, 6) is 1.93. The molecule has 0 aromatic carbocycles. The zero-order chi connectivity index (χ0) is 16.7. The number of rotatable bonds is 8. The Bertz CT molecular complexity index is 495. The number of aromatic nitrogens is 3. The monoisotopic (exact) mass is 322 g/mol. The molecule has 1 aromatic heterocycles. The molecule has 1 aliphatic rings. The molecule has 1 aliphatic carbocycles. The Labute approximate surface area is 139 Å². The van der Waals surface area contributed by atoms with Crippen molar-refractivity contribution in [3.05, 3.63) is 11.6 Å². The van der Waals surface area contributed by atoms with Gasteiger partial charge in [0.1, 0.15) is 5.82 Å². The maximum Gasteiger partial charge on any atom is 0.223 e. The van der Waals surface area contributed by atoms with E-state index in [1.54, 1.807) is 7.11 Å². The van der Waals surface area contributed by atoms with E-state index in [2.05, 4.69) is 10.1 Å². The predicted molar refractivity (Wildman–Crippen MR) is 89.2 cm³/mol. The van der Waals surface area contributed by atoms with Gasteiger partial charge in [0.05, 0.1) is 6.61 Å². The van der Waals surface area contributed by atoms with E-state index in [0.717, 1.165) is 31.0 Å². The van der Waals surface area contributed by atoms with Gasteiger partial charge in [0.25, 0.3) is 0 Å². The minimum Gasteiger partial charge on any atom is -0.384 e. The van der Waals surface area contributed by atoms with Crippen molar-refractivity contribution in [3.8, 4) is 0 Å². The highest BCUT2D eigenvalue weighted by atomic mass is 16.5. The van der Waals surface area contributed by atoms with Crippen LogP contribution in [-0.2, 0) is 28.9 Å². The highest BCUT2D eigenvalue weighted by molar-refractivity contribution is 5.76. The summed E-state index contributed by atoms with van der Waals surface area (Å²) in [7, 11) is 3.63. The van der Waals surface area contributed by atoms with Crippen LogP contribution in [0.2, 0.25) is 0 Å². The van der Waals surface area contributed by atoms with Gasteiger partial charge in [0.15, 0.2) is 5.82 Å². The quantitative estimate of drug-likeness (QED) is 0.736. The molecular formula is C17H30N4O2. The molecule has 0 saturated heterocycles. The van der Waals surface area contributed by atoms with Gasteiger partial charge in [-0.15, -0.1) is 0 Å². The number of carbonyl (C=O) groups is 1. The van der Waals surface area contributed by atoms with Crippen LogP contribution in [0.15, 0.2) is 0 Å². The Balaban J connectivity index is 1.88. The Morgan fingerprint density at radius 1 is 1.30 bits per heavy atom. The molecule has 2 rings (SSSR count). The fraction of sp³-hybridized carbons (Fsp3) is 0.824. The van der Waals surface area contributed by atoms with Crippen molar-refractivity contribution in [2.45, 2.75) is 70.9 Å². The van der Waals surface area contributed by atoms with Gasteiger partial charge >= 0.3 is 0 Å². The van der Waals surface area contributed by atoms with Crippen LogP contribution < -0.4 is 0 Å². The van der Waals surface area contributed by atoms with Crippen molar-refractivity contribution < 1.29 is 9.53 Å². The van der Waals surface area contributed by atoms with Crippen LogP contribution in [-0.4, -0.2) is 52.4 Å². The second-order valence-electron chi connectivity index (χ2n) is 6.30. The summed E-state index contributed by atoms with van der Waals surface area (Å²) in [6.07, 6.45) is 7.97. The molecule has 130 valence electrons. The van der Waals surface area contributed by atoms with E-state index >= 15 is 0 Å². The summed E-state index contributed by atoms with van der Waals surface area (Å²) < 4.78 is 6.98. The highest BCUT2D eigenvalue weighted by Gasteiger charge is 2.22. The van der Waals surface area contributed by atoms with Gasteiger partial charge in [-0.1, -0.05) is 19.3 Å². The summed E-state index contributed by atoms with van der Waals surface area (Å²) in [6, 6.07) is 0.428.